The molecule has 1 amide bonds. The molecule has 1 aliphatic rings. The van der Waals surface area contributed by atoms with Gasteiger partial charge in [0.2, 0.25) is 5.91 Å². The summed E-state index contributed by atoms with van der Waals surface area (Å²) in [5.74, 6) is 0.240. The average molecular weight is 411 g/mol. The van der Waals surface area contributed by atoms with Crippen molar-refractivity contribution in [3.63, 3.8) is 0 Å². The zero-order chi connectivity index (χ0) is 19.4. The van der Waals surface area contributed by atoms with E-state index < -0.39 is 21.8 Å². The first-order valence-electron chi connectivity index (χ1n) is 8.35. The van der Waals surface area contributed by atoms with E-state index in [0.717, 1.165) is 5.56 Å². The standard InChI is InChI=1S/C18H19ClN2O5S/c1-2-25-15-4-6-16(7-5-15)27(23,24)21-20-18(22)13-9-12-10-14(19)3-8-17(12)26-11-13/h3-8,10,13,21H,2,9,11H2,1H3,(H,20,22)/t13-/m1/s1. The zero-order valence-corrected chi connectivity index (χ0v) is 16.1. The van der Waals surface area contributed by atoms with E-state index in [-0.39, 0.29) is 11.5 Å². The summed E-state index contributed by atoms with van der Waals surface area (Å²) in [6.07, 6.45) is 0.409. The first kappa shape index (κ1) is 19.5. The Morgan fingerprint density at radius 2 is 2.00 bits per heavy atom. The number of carbonyl (C=O) groups excluding carboxylic acids is 1. The van der Waals surface area contributed by atoms with Crippen molar-refractivity contribution in [3.05, 3.63) is 53.1 Å². The van der Waals surface area contributed by atoms with Crippen molar-refractivity contribution in [2.24, 2.45) is 5.92 Å². The summed E-state index contributed by atoms with van der Waals surface area (Å²) in [6.45, 7) is 2.48. The van der Waals surface area contributed by atoms with Crippen molar-refractivity contribution in [2.45, 2.75) is 18.2 Å². The lowest BCUT2D eigenvalue weighted by Crippen LogP contribution is -2.46. The molecule has 0 unspecified atom stereocenters. The van der Waals surface area contributed by atoms with Crippen molar-refractivity contribution in [2.75, 3.05) is 13.2 Å². The van der Waals surface area contributed by atoms with Crippen LogP contribution in [-0.2, 0) is 21.2 Å². The van der Waals surface area contributed by atoms with Gasteiger partial charge in [-0.3, -0.25) is 10.2 Å². The van der Waals surface area contributed by atoms with Gasteiger partial charge in [0, 0.05) is 5.02 Å². The number of hydrazine groups is 1. The van der Waals surface area contributed by atoms with E-state index in [2.05, 4.69) is 10.3 Å². The average Bonchev–Trinajstić information content (AvgIpc) is 2.66. The van der Waals surface area contributed by atoms with Crippen molar-refractivity contribution < 1.29 is 22.7 Å². The maximum atomic E-state index is 12.3. The van der Waals surface area contributed by atoms with Crippen molar-refractivity contribution in [1.29, 1.82) is 0 Å². The molecule has 0 saturated carbocycles. The number of amides is 1. The molecule has 0 saturated heterocycles. The molecule has 0 aliphatic carbocycles. The monoisotopic (exact) mass is 410 g/mol. The lowest BCUT2D eigenvalue weighted by atomic mass is 9.96. The predicted molar refractivity (Wildman–Crippen MR) is 100 cm³/mol. The Balaban J connectivity index is 1.61. The summed E-state index contributed by atoms with van der Waals surface area (Å²) >= 11 is 5.97. The fraction of sp³-hybridized carbons (Fsp3) is 0.278. The third kappa shape index (κ3) is 4.71. The van der Waals surface area contributed by atoms with Crippen LogP contribution in [0.1, 0.15) is 12.5 Å². The van der Waals surface area contributed by atoms with Gasteiger partial charge in [-0.15, -0.1) is 4.83 Å². The Morgan fingerprint density at radius 1 is 1.26 bits per heavy atom. The zero-order valence-electron chi connectivity index (χ0n) is 14.6. The van der Waals surface area contributed by atoms with Crippen LogP contribution in [0.25, 0.3) is 0 Å². The molecule has 2 N–H and O–H groups in total. The molecular formula is C18H19ClN2O5S. The number of carbonyl (C=O) groups is 1. The number of fused-ring (bicyclic) bond motifs is 1. The smallest absolute Gasteiger partial charge is 0.257 e. The van der Waals surface area contributed by atoms with Crippen LogP contribution >= 0.6 is 11.6 Å². The molecule has 2 aromatic carbocycles. The first-order chi connectivity index (χ1) is 12.9. The maximum Gasteiger partial charge on any atom is 0.257 e. The van der Waals surface area contributed by atoms with Gasteiger partial charge in [0.25, 0.3) is 10.0 Å². The summed E-state index contributed by atoms with van der Waals surface area (Å²) in [5.41, 5.74) is 3.06. The molecule has 0 aromatic heterocycles. The molecule has 1 heterocycles. The summed E-state index contributed by atoms with van der Waals surface area (Å²) in [5, 5.41) is 0.551. The highest BCUT2D eigenvalue weighted by Crippen LogP contribution is 2.29. The minimum Gasteiger partial charge on any atom is -0.494 e. The molecular weight excluding hydrogens is 392 g/mol. The van der Waals surface area contributed by atoms with Crippen LogP contribution in [-0.4, -0.2) is 27.5 Å². The van der Waals surface area contributed by atoms with E-state index >= 15 is 0 Å². The van der Waals surface area contributed by atoms with Crippen molar-refractivity contribution in [3.8, 4) is 11.5 Å². The van der Waals surface area contributed by atoms with Gasteiger partial charge in [-0.25, -0.2) is 8.42 Å². The highest BCUT2D eigenvalue weighted by Gasteiger charge is 2.27. The Bertz CT molecular complexity index is 931. The van der Waals surface area contributed by atoms with Crippen LogP contribution in [0, 0.1) is 5.92 Å². The number of sulfonamides is 1. The van der Waals surface area contributed by atoms with Gasteiger partial charge in [-0.1, -0.05) is 11.6 Å². The Morgan fingerprint density at radius 3 is 2.70 bits per heavy atom. The quantitative estimate of drug-likeness (QED) is 0.713. The molecule has 0 radical (unpaired) electrons. The largest absolute Gasteiger partial charge is 0.494 e. The van der Waals surface area contributed by atoms with E-state index in [1.54, 1.807) is 30.3 Å². The van der Waals surface area contributed by atoms with E-state index in [9.17, 15) is 13.2 Å². The lowest BCUT2D eigenvalue weighted by Gasteiger charge is -2.24. The van der Waals surface area contributed by atoms with Crippen LogP contribution in [0.15, 0.2) is 47.4 Å². The highest BCUT2D eigenvalue weighted by atomic mass is 35.5. The first-order valence-corrected chi connectivity index (χ1v) is 10.2. The van der Waals surface area contributed by atoms with Gasteiger partial charge in [0.1, 0.15) is 18.1 Å². The molecule has 2 aromatic rings. The molecule has 27 heavy (non-hydrogen) atoms. The maximum absolute atomic E-state index is 12.3. The van der Waals surface area contributed by atoms with E-state index in [4.69, 9.17) is 21.1 Å². The molecule has 0 fully saturated rings. The summed E-state index contributed by atoms with van der Waals surface area (Å²) in [6, 6.07) is 11.1. The van der Waals surface area contributed by atoms with Gasteiger partial charge in [-0.2, -0.15) is 0 Å². The Labute approximate surface area is 162 Å². The van der Waals surface area contributed by atoms with Crippen LogP contribution in [0.4, 0.5) is 0 Å². The third-order valence-electron chi connectivity index (χ3n) is 4.05. The number of rotatable bonds is 6. The van der Waals surface area contributed by atoms with Gasteiger partial charge < -0.3 is 9.47 Å². The predicted octanol–water partition coefficient (Wildman–Crippen LogP) is 2.30. The van der Waals surface area contributed by atoms with Crippen LogP contribution < -0.4 is 19.7 Å². The van der Waals surface area contributed by atoms with Gasteiger partial charge in [0.15, 0.2) is 0 Å². The Kier molecular flexibility index (Phi) is 5.88. The molecule has 7 nitrogen and oxygen atoms in total. The minimum atomic E-state index is -3.89. The fourth-order valence-corrected chi connectivity index (χ4v) is 3.73. The molecule has 144 valence electrons. The lowest BCUT2D eigenvalue weighted by molar-refractivity contribution is -0.126. The Hall–Kier alpha value is -2.29. The molecule has 1 aliphatic heterocycles. The van der Waals surface area contributed by atoms with Crippen LogP contribution in [0.3, 0.4) is 0 Å². The normalized spacial score (nSPS) is 16.1. The summed E-state index contributed by atoms with van der Waals surface area (Å²) < 4.78 is 35.5. The van der Waals surface area contributed by atoms with E-state index in [1.165, 1.54) is 12.1 Å². The number of nitrogens with one attached hydrogen (secondary N) is 2. The number of hydrogen-bond donors (Lipinski definition) is 2. The van der Waals surface area contributed by atoms with Crippen molar-refractivity contribution >= 4 is 27.5 Å². The SMILES string of the molecule is CCOc1ccc(S(=O)(=O)NNC(=O)[C@H]2COc3ccc(Cl)cc3C2)cc1. The van der Waals surface area contributed by atoms with E-state index in [1.807, 2.05) is 6.92 Å². The number of hydrogen-bond acceptors (Lipinski definition) is 5. The number of ether oxygens (including phenoxy) is 2. The van der Waals surface area contributed by atoms with Gasteiger partial charge in [-0.05, 0) is 61.4 Å². The molecule has 9 heteroatoms. The number of halogens is 1. The van der Waals surface area contributed by atoms with E-state index in [0.29, 0.717) is 29.5 Å². The van der Waals surface area contributed by atoms with Gasteiger partial charge in [0.05, 0.1) is 17.4 Å². The van der Waals surface area contributed by atoms with Crippen molar-refractivity contribution in [1.82, 2.24) is 10.3 Å². The van der Waals surface area contributed by atoms with Gasteiger partial charge >= 0.3 is 0 Å². The van der Waals surface area contributed by atoms with Crippen LogP contribution in [0.2, 0.25) is 5.02 Å². The highest BCUT2D eigenvalue weighted by molar-refractivity contribution is 7.89. The second-order valence-corrected chi connectivity index (χ2v) is 8.08. The van der Waals surface area contributed by atoms with Crippen LogP contribution in [0.5, 0.6) is 11.5 Å². The molecule has 0 spiro atoms. The second kappa shape index (κ2) is 8.16. The number of benzene rings is 2. The molecule has 0 bridgehead atoms. The summed E-state index contributed by atoms with van der Waals surface area (Å²) in [4.78, 5) is 14.5. The minimum absolute atomic E-state index is 0.0169. The summed E-state index contributed by atoms with van der Waals surface area (Å²) in [7, 11) is -3.89. The topological polar surface area (TPSA) is 93.7 Å². The molecule has 1 atom stereocenters. The second-order valence-electron chi connectivity index (χ2n) is 5.96. The molecule has 3 rings (SSSR count). The fourth-order valence-electron chi connectivity index (χ4n) is 2.69. The third-order valence-corrected chi connectivity index (χ3v) is 5.55.